The van der Waals surface area contributed by atoms with Gasteiger partial charge in [0.1, 0.15) is 5.75 Å². The summed E-state index contributed by atoms with van der Waals surface area (Å²) in [5.74, 6) is 1.20. The van der Waals surface area contributed by atoms with E-state index in [1.165, 1.54) is 0 Å². The maximum absolute atomic E-state index is 10.8. The average Bonchev–Trinajstić information content (AvgIpc) is 2.16. The smallest absolute Gasteiger partial charge is 0.291 e. The Morgan fingerprint density at radius 1 is 1.47 bits per heavy atom. The zero-order valence-electron chi connectivity index (χ0n) is 9.00. The Morgan fingerprint density at radius 3 is 2.60 bits per heavy atom. The Labute approximate surface area is 97.9 Å². The quantitative estimate of drug-likeness (QED) is 0.672. The third-order valence-electron chi connectivity index (χ3n) is 2.09. The molecule has 0 atom stereocenters. The van der Waals surface area contributed by atoms with E-state index in [9.17, 15) is 4.79 Å². The van der Waals surface area contributed by atoms with Gasteiger partial charge >= 0.3 is 0 Å². The summed E-state index contributed by atoms with van der Waals surface area (Å²) in [7, 11) is 1.64. The number of hydrogen-bond acceptors (Lipinski definition) is 2. The fraction of sp³-hybridized carbons (Fsp3) is 0.364. The van der Waals surface area contributed by atoms with Gasteiger partial charge in [-0.3, -0.25) is 4.79 Å². The molecule has 3 nitrogen and oxygen atoms in total. The van der Waals surface area contributed by atoms with Gasteiger partial charge in [0.25, 0.3) is 4.82 Å². The molecule has 1 aromatic rings. The molecule has 15 heavy (non-hydrogen) atoms. The minimum absolute atomic E-state index is 0.248. The van der Waals surface area contributed by atoms with Gasteiger partial charge in [0, 0.05) is 21.6 Å². The van der Waals surface area contributed by atoms with Crippen LogP contribution in [-0.4, -0.2) is 11.9 Å². The molecule has 0 fully saturated rings. The van der Waals surface area contributed by atoms with Crippen LogP contribution in [0.1, 0.15) is 25.3 Å². The molecule has 0 aliphatic carbocycles. The minimum atomic E-state index is -0.248. The van der Waals surface area contributed by atoms with Crippen LogP contribution >= 0.6 is 15.9 Å². The van der Waals surface area contributed by atoms with E-state index >= 15 is 0 Å². The molecule has 1 rings (SSSR count). The summed E-state index contributed by atoms with van der Waals surface area (Å²) in [6.07, 6.45) is 0. The molecule has 4 heteroatoms. The molecule has 0 aliphatic heterocycles. The van der Waals surface area contributed by atoms with Gasteiger partial charge in [-0.05, 0) is 29.7 Å². The van der Waals surface area contributed by atoms with E-state index in [2.05, 4.69) is 35.1 Å². The van der Waals surface area contributed by atoms with Crippen molar-refractivity contribution in [3.05, 3.63) is 23.8 Å². The van der Waals surface area contributed by atoms with E-state index in [-0.39, 0.29) is 4.82 Å². The molecule has 0 aromatic heterocycles. The lowest BCUT2D eigenvalue weighted by molar-refractivity contribution is 0.270. The predicted octanol–water partition coefficient (Wildman–Crippen LogP) is 3.75. The predicted molar refractivity (Wildman–Crippen MR) is 65.0 cm³/mol. The Balaban J connectivity index is 3.04. The number of ether oxygens (including phenoxy) is 1. The molecule has 0 saturated heterocycles. The average molecular weight is 272 g/mol. The summed E-state index contributed by atoms with van der Waals surface area (Å²) in [4.78, 5) is 10.6. The fourth-order valence-electron chi connectivity index (χ4n) is 1.38. The second kappa shape index (κ2) is 5.16. The highest BCUT2D eigenvalue weighted by atomic mass is 79.9. The standard InChI is InChI=1S/C11H14BrNO2/c1-7(2)9-6-8(13-11(12)14)4-5-10(9)15-3/h4-7H,1-3H3,(H,13,14). The number of benzene rings is 1. The van der Waals surface area contributed by atoms with Crippen LogP contribution in [0.2, 0.25) is 0 Å². The number of anilines is 1. The maximum Gasteiger partial charge on any atom is 0.291 e. The SMILES string of the molecule is COc1ccc(NC(=O)Br)cc1C(C)C. The zero-order valence-corrected chi connectivity index (χ0v) is 10.6. The summed E-state index contributed by atoms with van der Waals surface area (Å²) in [5.41, 5.74) is 1.85. The van der Waals surface area contributed by atoms with Gasteiger partial charge < -0.3 is 10.1 Å². The van der Waals surface area contributed by atoms with Crippen LogP contribution in [0.4, 0.5) is 10.5 Å². The molecular weight excluding hydrogens is 258 g/mol. The van der Waals surface area contributed by atoms with E-state index in [0.717, 1.165) is 17.0 Å². The number of halogens is 1. The first kappa shape index (κ1) is 12.0. The first-order valence-electron chi connectivity index (χ1n) is 4.69. The topological polar surface area (TPSA) is 38.3 Å². The monoisotopic (exact) mass is 271 g/mol. The lowest BCUT2D eigenvalue weighted by Gasteiger charge is -2.13. The van der Waals surface area contributed by atoms with Crippen molar-refractivity contribution in [2.45, 2.75) is 19.8 Å². The second-order valence-corrected chi connectivity index (χ2v) is 4.23. The molecule has 0 radical (unpaired) electrons. The number of rotatable bonds is 3. The zero-order chi connectivity index (χ0) is 11.4. The van der Waals surface area contributed by atoms with Crippen molar-refractivity contribution in [1.29, 1.82) is 0 Å². The Kier molecular flexibility index (Phi) is 4.15. The third-order valence-corrected chi connectivity index (χ3v) is 2.29. The first-order chi connectivity index (χ1) is 7.04. The number of carbonyl (C=O) groups excluding carboxylic acids is 1. The summed E-state index contributed by atoms with van der Waals surface area (Å²) < 4.78 is 5.24. The molecule has 82 valence electrons. The van der Waals surface area contributed by atoms with E-state index in [4.69, 9.17) is 4.74 Å². The molecule has 1 N–H and O–H groups in total. The highest BCUT2D eigenvalue weighted by Gasteiger charge is 2.08. The summed E-state index contributed by atoms with van der Waals surface area (Å²) in [5, 5.41) is 2.67. The van der Waals surface area contributed by atoms with Crippen molar-refractivity contribution in [2.75, 3.05) is 12.4 Å². The van der Waals surface area contributed by atoms with Crippen LogP contribution in [-0.2, 0) is 0 Å². The Hall–Kier alpha value is -1.03. The molecule has 0 unspecified atom stereocenters. The van der Waals surface area contributed by atoms with Gasteiger partial charge in [0.05, 0.1) is 7.11 Å². The van der Waals surface area contributed by atoms with Crippen molar-refractivity contribution >= 4 is 26.4 Å². The van der Waals surface area contributed by atoms with Gasteiger partial charge in [-0.1, -0.05) is 13.8 Å². The van der Waals surface area contributed by atoms with Gasteiger partial charge in [-0.15, -0.1) is 0 Å². The van der Waals surface area contributed by atoms with E-state index in [1.54, 1.807) is 7.11 Å². The number of carbonyl (C=O) groups is 1. The summed E-state index contributed by atoms with van der Waals surface area (Å²) in [6.45, 7) is 4.16. The number of hydrogen-bond donors (Lipinski definition) is 1. The van der Waals surface area contributed by atoms with Crippen LogP contribution < -0.4 is 10.1 Å². The molecule has 1 aromatic carbocycles. The number of amides is 1. The maximum atomic E-state index is 10.8. The van der Waals surface area contributed by atoms with Crippen molar-refractivity contribution in [3.8, 4) is 5.75 Å². The largest absolute Gasteiger partial charge is 0.496 e. The Morgan fingerprint density at radius 2 is 2.13 bits per heavy atom. The highest BCUT2D eigenvalue weighted by molar-refractivity contribution is 9.18. The van der Waals surface area contributed by atoms with E-state index in [1.807, 2.05) is 18.2 Å². The van der Waals surface area contributed by atoms with E-state index in [0.29, 0.717) is 5.92 Å². The van der Waals surface area contributed by atoms with E-state index < -0.39 is 0 Å². The third kappa shape index (κ3) is 3.23. The number of nitrogens with one attached hydrogen (secondary N) is 1. The normalized spacial score (nSPS) is 10.2. The van der Waals surface area contributed by atoms with Crippen LogP contribution in [0.25, 0.3) is 0 Å². The summed E-state index contributed by atoms with van der Waals surface area (Å²) in [6, 6.07) is 5.58. The number of methoxy groups -OCH3 is 1. The van der Waals surface area contributed by atoms with Gasteiger partial charge in [0.2, 0.25) is 0 Å². The van der Waals surface area contributed by atoms with Gasteiger partial charge in [-0.25, -0.2) is 0 Å². The molecule has 0 saturated carbocycles. The van der Waals surface area contributed by atoms with Crippen molar-refractivity contribution in [1.82, 2.24) is 0 Å². The Bertz CT molecular complexity index is 364. The fourth-order valence-corrected chi connectivity index (χ4v) is 1.61. The van der Waals surface area contributed by atoms with Crippen LogP contribution in [0, 0.1) is 0 Å². The van der Waals surface area contributed by atoms with Crippen LogP contribution in [0.15, 0.2) is 18.2 Å². The molecule has 0 heterocycles. The van der Waals surface area contributed by atoms with Crippen molar-refractivity contribution < 1.29 is 9.53 Å². The second-order valence-electron chi connectivity index (χ2n) is 3.51. The van der Waals surface area contributed by atoms with Gasteiger partial charge in [-0.2, -0.15) is 0 Å². The van der Waals surface area contributed by atoms with Crippen LogP contribution in [0.5, 0.6) is 5.75 Å². The van der Waals surface area contributed by atoms with Crippen LogP contribution in [0.3, 0.4) is 0 Å². The lowest BCUT2D eigenvalue weighted by Crippen LogP contribution is -2.02. The lowest BCUT2D eigenvalue weighted by atomic mass is 10.0. The molecule has 0 aliphatic rings. The molecule has 0 bridgehead atoms. The highest BCUT2D eigenvalue weighted by Crippen LogP contribution is 2.29. The van der Waals surface area contributed by atoms with Gasteiger partial charge in [0.15, 0.2) is 0 Å². The summed E-state index contributed by atoms with van der Waals surface area (Å²) >= 11 is 2.83. The molecule has 0 spiro atoms. The van der Waals surface area contributed by atoms with Crippen molar-refractivity contribution in [3.63, 3.8) is 0 Å². The minimum Gasteiger partial charge on any atom is -0.496 e. The first-order valence-corrected chi connectivity index (χ1v) is 5.48. The molecular formula is C11H14BrNO2. The van der Waals surface area contributed by atoms with Crippen molar-refractivity contribution in [2.24, 2.45) is 0 Å². The molecule has 1 amide bonds.